The summed E-state index contributed by atoms with van der Waals surface area (Å²) in [6.07, 6.45) is -1.36. The van der Waals surface area contributed by atoms with Crippen molar-refractivity contribution in [3.63, 3.8) is 0 Å². The predicted octanol–water partition coefficient (Wildman–Crippen LogP) is 1.87. The Morgan fingerprint density at radius 1 is 1.46 bits per heavy atom. The molecule has 2 rings (SSSR count). The Morgan fingerprint density at radius 3 is 2.58 bits per heavy atom. The van der Waals surface area contributed by atoms with E-state index in [9.17, 15) is 22.8 Å². The number of halogens is 3. The molecule has 3 atom stereocenters. The average Bonchev–Trinajstić information content (AvgIpc) is 3.13. The number of rotatable bonds is 4. The summed E-state index contributed by atoms with van der Waals surface area (Å²) in [5, 5.41) is 15.6. The van der Waals surface area contributed by atoms with Gasteiger partial charge in [0.25, 0.3) is 0 Å². The van der Waals surface area contributed by atoms with E-state index in [-0.39, 0.29) is 0 Å². The summed E-state index contributed by atoms with van der Waals surface area (Å²) >= 11 is 0. The van der Waals surface area contributed by atoms with Crippen LogP contribution in [0.15, 0.2) is 12.4 Å². The molecule has 1 saturated heterocycles. The Morgan fingerprint density at radius 2 is 2.12 bits per heavy atom. The van der Waals surface area contributed by atoms with Crippen LogP contribution in [0.1, 0.15) is 25.5 Å². The molecule has 1 aliphatic rings. The van der Waals surface area contributed by atoms with Crippen LogP contribution >= 0.6 is 0 Å². The highest BCUT2D eigenvalue weighted by Crippen LogP contribution is 2.37. The molecule has 0 aliphatic carbocycles. The van der Waals surface area contributed by atoms with E-state index in [0.29, 0.717) is 12.1 Å². The van der Waals surface area contributed by atoms with Gasteiger partial charge in [0, 0.05) is 31.4 Å². The first-order chi connectivity index (χ1) is 11.1. The number of alkyl halides is 3. The lowest BCUT2D eigenvalue weighted by Gasteiger charge is -2.21. The number of amides is 2. The number of carbonyl (C=O) groups excluding carboxylic acids is 1. The fourth-order valence-electron chi connectivity index (χ4n) is 2.69. The van der Waals surface area contributed by atoms with E-state index in [1.165, 1.54) is 0 Å². The van der Waals surface area contributed by atoms with Crippen molar-refractivity contribution in [2.45, 2.75) is 32.6 Å². The molecule has 7 nitrogen and oxygen atoms in total. The number of carbonyl (C=O) groups is 2. The minimum absolute atomic E-state index is 0.453. The van der Waals surface area contributed by atoms with Crippen LogP contribution in [0.2, 0.25) is 0 Å². The molecule has 2 N–H and O–H groups in total. The molecule has 1 aromatic heterocycles. The quantitative estimate of drug-likeness (QED) is 0.870. The predicted molar refractivity (Wildman–Crippen MR) is 77.1 cm³/mol. The fourth-order valence-corrected chi connectivity index (χ4v) is 2.69. The molecule has 0 saturated carbocycles. The van der Waals surface area contributed by atoms with Gasteiger partial charge in [-0.3, -0.25) is 9.48 Å². The summed E-state index contributed by atoms with van der Waals surface area (Å²) < 4.78 is 40.5. The molecular weight excluding hydrogens is 329 g/mol. The average molecular weight is 348 g/mol. The second-order valence-electron chi connectivity index (χ2n) is 5.80. The van der Waals surface area contributed by atoms with Gasteiger partial charge in [0.1, 0.15) is 0 Å². The fraction of sp³-hybridized carbons (Fsp3) is 0.643. The zero-order chi connectivity index (χ0) is 18.1. The van der Waals surface area contributed by atoms with Crippen LogP contribution < -0.4 is 5.32 Å². The number of nitrogens with one attached hydrogen (secondary N) is 1. The topological polar surface area (TPSA) is 87.5 Å². The van der Waals surface area contributed by atoms with Crippen LogP contribution in [0, 0.1) is 11.8 Å². The number of hydrogen-bond acceptors (Lipinski definition) is 3. The third-order valence-electron chi connectivity index (χ3n) is 4.16. The van der Waals surface area contributed by atoms with Gasteiger partial charge >= 0.3 is 18.2 Å². The number of carboxylic acid groups (broad SMARTS) is 1. The van der Waals surface area contributed by atoms with E-state index in [4.69, 9.17) is 5.11 Å². The molecule has 0 aromatic carbocycles. The SMILES string of the molecule is CCn1cc(C(C)NC(=O)N2C[C@@H](C(F)(F)F)[C@H](C(=O)O)C2)cn1. The second kappa shape index (κ2) is 6.70. The first kappa shape index (κ1) is 18.1. The Labute approximate surface area is 136 Å². The molecule has 1 unspecified atom stereocenters. The Bertz CT molecular complexity index is 617. The maximum absolute atomic E-state index is 12.9. The van der Waals surface area contributed by atoms with Gasteiger partial charge in [0.2, 0.25) is 0 Å². The highest BCUT2D eigenvalue weighted by molar-refractivity contribution is 5.78. The maximum atomic E-state index is 12.9. The summed E-state index contributed by atoms with van der Waals surface area (Å²) in [5.41, 5.74) is 0.714. The Balaban J connectivity index is 2.03. The van der Waals surface area contributed by atoms with Gasteiger partial charge in [-0.05, 0) is 13.8 Å². The minimum Gasteiger partial charge on any atom is -0.481 e. The zero-order valence-corrected chi connectivity index (χ0v) is 13.2. The van der Waals surface area contributed by atoms with Crippen molar-refractivity contribution in [1.29, 1.82) is 0 Å². The van der Waals surface area contributed by atoms with Gasteiger partial charge in [-0.25, -0.2) is 4.79 Å². The highest BCUT2D eigenvalue weighted by atomic mass is 19.4. The van der Waals surface area contributed by atoms with Crippen molar-refractivity contribution in [2.24, 2.45) is 11.8 Å². The van der Waals surface area contributed by atoms with E-state index in [0.717, 1.165) is 4.90 Å². The van der Waals surface area contributed by atoms with E-state index < -0.39 is 49.1 Å². The highest BCUT2D eigenvalue weighted by Gasteiger charge is 2.53. The molecule has 0 spiro atoms. The summed E-state index contributed by atoms with van der Waals surface area (Å²) in [7, 11) is 0. The van der Waals surface area contributed by atoms with Crippen molar-refractivity contribution in [2.75, 3.05) is 13.1 Å². The van der Waals surface area contributed by atoms with Gasteiger partial charge in [-0.1, -0.05) is 0 Å². The van der Waals surface area contributed by atoms with Crippen LogP contribution in [0.5, 0.6) is 0 Å². The summed E-state index contributed by atoms with van der Waals surface area (Å²) in [5.74, 6) is -5.25. The summed E-state index contributed by atoms with van der Waals surface area (Å²) in [4.78, 5) is 24.1. The van der Waals surface area contributed by atoms with Crippen LogP contribution in [0.3, 0.4) is 0 Å². The molecule has 134 valence electrons. The third kappa shape index (κ3) is 3.80. The number of likely N-dealkylation sites (tertiary alicyclic amines) is 1. The first-order valence-corrected chi connectivity index (χ1v) is 7.50. The van der Waals surface area contributed by atoms with Crippen molar-refractivity contribution in [3.05, 3.63) is 18.0 Å². The van der Waals surface area contributed by atoms with E-state index in [1.54, 1.807) is 24.0 Å². The lowest BCUT2D eigenvalue weighted by Crippen LogP contribution is -2.40. The van der Waals surface area contributed by atoms with Crippen LogP contribution in [-0.4, -0.2) is 51.1 Å². The number of urea groups is 1. The Kier molecular flexibility index (Phi) is 5.05. The molecule has 1 aromatic rings. The van der Waals surface area contributed by atoms with Crippen molar-refractivity contribution in [1.82, 2.24) is 20.0 Å². The number of aromatic nitrogens is 2. The van der Waals surface area contributed by atoms with E-state index in [2.05, 4.69) is 10.4 Å². The lowest BCUT2D eigenvalue weighted by atomic mass is 9.96. The minimum atomic E-state index is -4.66. The number of aryl methyl sites for hydroxylation is 1. The second-order valence-corrected chi connectivity index (χ2v) is 5.80. The standard InChI is InChI=1S/C14H19F3N4O3/c1-3-21-5-9(4-18-21)8(2)19-13(24)20-6-10(12(22)23)11(7-20)14(15,16)17/h4-5,8,10-11H,3,6-7H2,1-2H3,(H,19,24)(H,22,23)/t8?,10-,11-/m1/s1. The van der Waals surface area contributed by atoms with Gasteiger partial charge in [-0.2, -0.15) is 18.3 Å². The van der Waals surface area contributed by atoms with Gasteiger partial charge in [0.05, 0.1) is 24.1 Å². The normalized spacial score (nSPS) is 22.5. The zero-order valence-electron chi connectivity index (χ0n) is 13.2. The lowest BCUT2D eigenvalue weighted by molar-refractivity contribution is -0.187. The number of nitrogens with zero attached hydrogens (tertiary/aromatic N) is 3. The summed E-state index contributed by atoms with van der Waals surface area (Å²) in [6, 6.07) is -1.17. The van der Waals surface area contributed by atoms with Crippen LogP contribution in [0.4, 0.5) is 18.0 Å². The van der Waals surface area contributed by atoms with Crippen LogP contribution in [-0.2, 0) is 11.3 Å². The molecule has 1 fully saturated rings. The smallest absolute Gasteiger partial charge is 0.394 e. The first-order valence-electron chi connectivity index (χ1n) is 7.50. The van der Waals surface area contributed by atoms with E-state index >= 15 is 0 Å². The maximum Gasteiger partial charge on any atom is 0.394 e. The third-order valence-corrected chi connectivity index (χ3v) is 4.16. The van der Waals surface area contributed by atoms with Gasteiger partial charge in [0.15, 0.2) is 0 Å². The molecule has 24 heavy (non-hydrogen) atoms. The number of carboxylic acids is 1. The molecule has 10 heteroatoms. The molecule has 0 bridgehead atoms. The Hall–Kier alpha value is -2.26. The molecule has 2 amide bonds. The van der Waals surface area contributed by atoms with Crippen LogP contribution in [0.25, 0.3) is 0 Å². The van der Waals surface area contributed by atoms with Gasteiger partial charge in [-0.15, -0.1) is 0 Å². The summed E-state index contributed by atoms with van der Waals surface area (Å²) in [6.45, 7) is 3.11. The monoisotopic (exact) mass is 348 g/mol. The molecular formula is C14H19F3N4O3. The number of aliphatic carboxylic acids is 1. The van der Waals surface area contributed by atoms with E-state index in [1.807, 2.05) is 6.92 Å². The molecule has 0 radical (unpaired) electrons. The number of hydrogen-bond donors (Lipinski definition) is 2. The molecule has 1 aliphatic heterocycles. The van der Waals surface area contributed by atoms with Gasteiger partial charge < -0.3 is 15.3 Å². The van der Waals surface area contributed by atoms with Crippen molar-refractivity contribution >= 4 is 12.0 Å². The van der Waals surface area contributed by atoms with Crippen molar-refractivity contribution in [3.8, 4) is 0 Å². The molecule has 2 heterocycles. The van der Waals surface area contributed by atoms with Crippen molar-refractivity contribution < 1.29 is 27.9 Å². The largest absolute Gasteiger partial charge is 0.481 e.